The lowest BCUT2D eigenvalue weighted by Gasteiger charge is -2.12. The fourth-order valence-corrected chi connectivity index (χ4v) is 3.59. The Hall–Kier alpha value is -3.27. The molecule has 1 fully saturated rings. The number of carbonyl (C=O) groups is 1. The molecular formula is C20H17BrN6O3. The molecular weight excluding hydrogens is 452 g/mol. The standard InChI is InChI=1S/C20H17BrN6O3/c21-17-16(6-5-15-18(17)24-26-27(15)11-12-3-4-12)30-20-13(2-1-8-22-20)10-23-19(28)14-7-9-29-25-14/h1-2,5-9,12H,3-4,10-11H2,(H,23,28). The molecule has 0 radical (unpaired) electrons. The molecule has 0 saturated heterocycles. The Labute approximate surface area is 179 Å². The van der Waals surface area contributed by atoms with Gasteiger partial charge in [-0.05, 0) is 52.9 Å². The molecule has 10 heteroatoms. The molecule has 1 aromatic carbocycles. The fraction of sp³-hybridized carbons (Fsp3) is 0.250. The highest BCUT2D eigenvalue weighted by Crippen LogP contribution is 2.36. The molecule has 0 spiro atoms. The van der Waals surface area contributed by atoms with Gasteiger partial charge < -0.3 is 14.6 Å². The van der Waals surface area contributed by atoms with E-state index in [2.05, 4.69) is 41.7 Å². The van der Waals surface area contributed by atoms with Gasteiger partial charge in [-0.15, -0.1) is 5.10 Å². The number of halogens is 1. The van der Waals surface area contributed by atoms with E-state index in [1.807, 2.05) is 22.9 Å². The van der Waals surface area contributed by atoms with Crippen molar-refractivity contribution in [3.05, 3.63) is 58.5 Å². The Morgan fingerprint density at radius 3 is 3.00 bits per heavy atom. The van der Waals surface area contributed by atoms with Gasteiger partial charge >= 0.3 is 0 Å². The van der Waals surface area contributed by atoms with E-state index in [9.17, 15) is 4.79 Å². The minimum absolute atomic E-state index is 0.212. The molecule has 0 unspecified atom stereocenters. The first-order valence-electron chi connectivity index (χ1n) is 9.51. The number of aromatic nitrogens is 5. The van der Waals surface area contributed by atoms with E-state index in [0.717, 1.165) is 23.1 Å². The number of rotatable bonds is 7. The quantitative estimate of drug-likeness (QED) is 0.440. The summed E-state index contributed by atoms with van der Waals surface area (Å²) in [4.78, 5) is 16.4. The number of hydrogen-bond donors (Lipinski definition) is 1. The molecule has 0 aliphatic heterocycles. The van der Waals surface area contributed by atoms with Crippen LogP contribution in [-0.2, 0) is 13.1 Å². The van der Waals surface area contributed by atoms with Crippen molar-refractivity contribution in [1.82, 2.24) is 30.5 Å². The summed E-state index contributed by atoms with van der Waals surface area (Å²) in [5.41, 5.74) is 2.63. The fourth-order valence-electron chi connectivity index (χ4n) is 3.10. The zero-order chi connectivity index (χ0) is 20.5. The van der Waals surface area contributed by atoms with Crippen LogP contribution in [0.1, 0.15) is 28.9 Å². The van der Waals surface area contributed by atoms with Crippen LogP contribution in [0.5, 0.6) is 11.6 Å². The van der Waals surface area contributed by atoms with Crippen LogP contribution < -0.4 is 10.1 Å². The van der Waals surface area contributed by atoms with Gasteiger partial charge in [-0.1, -0.05) is 16.4 Å². The van der Waals surface area contributed by atoms with Crippen LogP contribution in [0.2, 0.25) is 0 Å². The molecule has 1 aliphatic carbocycles. The minimum Gasteiger partial charge on any atom is -0.437 e. The summed E-state index contributed by atoms with van der Waals surface area (Å²) in [5, 5.41) is 15.0. The maximum absolute atomic E-state index is 12.1. The molecule has 9 nitrogen and oxygen atoms in total. The summed E-state index contributed by atoms with van der Waals surface area (Å²) in [6.07, 6.45) is 5.48. The lowest BCUT2D eigenvalue weighted by Crippen LogP contribution is -2.23. The molecule has 5 rings (SSSR count). The first kappa shape index (κ1) is 18.7. The monoisotopic (exact) mass is 468 g/mol. The van der Waals surface area contributed by atoms with Crippen molar-refractivity contribution in [2.45, 2.75) is 25.9 Å². The first-order valence-corrected chi connectivity index (χ1v) is 10.3. The molecule has 30 heavy (non-hydrogen) atoms. The van der Waals surface area contributed by atoms with Crippen molar-refractivity contribution in [1.29, 1.82) is 0 Å². The number of benzene rings is 1. The molecule has 1 amide bonds. The smallest absolute Gasteiger partial charge is 0.273 e. The number of fused-ring (bicyclic) bond motifs is 1. The molecule has 3 heterocycles. The van der Waals surface area contributed by atoms with Crippen LogP contribution in [0.4, 0.5) is 0 Å². The van der Waals surface area contributed by atoms with Crippen LogP contribution in [0.25, 0.3) is 11.0 Å². The van der Waals surface area contributed by atoms with E-state index in [1.165, 1.54) is 25.2 Å². The largest absolute Gasteiger partial charge is 0.437 e. The Morgan fingerprint density at radius 1 is 1.30 bits per heavy atom. The molecule has 0 atom stereocenters. The van der Waals surface area contributed by atoms with Gasteiger partial charge in [-0.25, -0.2) is 9.67 Å². The van der Waals surface area contributed by atoms with Crippen LogP contribution in [0.15, 0.2) is 51.8 Å². The van der Waals surface area contributed by atoms with Crippen molar-refractivity contribution in [3.8, 4) is 11.6 Å². The van der Waals surface area contributed by atoms with Crippen LogP contribution in [-0.4, -0.2) is 31.0 Å². The molecule has 1 aliphatic rings. The summed E-state index contributed by atoms with van der Waals surface area (Å²) >= 11 is 3.59. The predicted octanol–water partition coefficient (Wildman–Crippen LogP) is 3.71. The molecule has 3 aromatic heterocycles. The second-order valence-electron chi connectivity index (χ2n) is 7.10. The minimum atomic E-state index is -0.339. The van der Waals surface area contributed by atoms with E-state index in [0.29, 0.717) is 22.0 Å². The van der Waals surface area contributed by atoms with Crippen molar-refractivity contribution in [2.75, 3.05) is 0 Å². The van der Waals surface area contributed by atoms with Gasteiger partial charge in [-0.2, -0.15) is 0 Å². The summed E-state index contributed by atoms with van der Waals surface area (Å²) in [7, 11) is 0. The maximum Gasteiger partial charge on any atom is 0.273 e. The molecule has 152 valence electrons. The van der Waals surface area contributed by atoms with Crippen molar-refractivity contribution < 1.29 is 14.1 Å². The Bertz CT molecular complexity index is 1200. The average Bonchev–Trinajstić information content (AvgIpc) is 3.24. The van der Waals surface area contributed by atoms with E-state index in [-0.39, 0.29) is 18.1 Å². The van der Waals surface area contributed by atoms with Gasteiger partial charge in [0.15, 0.2) is 5.69 Å². The highest BCUT2D eigenvalue weighted by Gasteiger charge is 2.24. The number of pyridine rings is 1. The van der Waals surface area contributed by atoms with Gasteiger partial charge in [0, 0.05) is 30.9 Å². The zero-order valence-corrected chi connectivity index (χ0v) is 17.4. The number of nitrogens with zero attached hydrogens (tertiary/aromatic N) is 5. The first-order chi connectivity index (χ1) is 14.7. The van der Waals surface area contributed by atoms with Gasteiger partial charge in [0.1, 0.15) is 17.5 Å². The van der Waals surface area contributed by atoms with Crippen molar-refractivity contribution in [3.63, 3.8) is 0 Å². The Morgan fingerprint density at radius 2 is 2.20 bits per heavy atom. The van der Waals surface area contributed by atoms with Crippen molar-refractivity contribution in [2.24, 2.45) is 5.92 Å². The molecule has 4 aromatic rings. The third-order valence-corrected chi connectivity index (χ3v) is 5.65. The van der Waals surface area contributed by atoms with Gasteiger partial charge in [0.05, 0.1) is 9.99 Å². The molecule has 0 bridgehead atoms. The second kappa shape index (κ2) is 7.86. The molecule has 1 saturated carbocycles. The third-order valence-electron chi connectivity index (χ3n) is 4.88. The average molecular weight is 469 g/mol. The number of carbonyl (C=O) groups excluding carboxylic acids is 1. The zero-order valence-electron chi connectivity index (χ0n) is 15.8. The second-order valence-corrected chi connectivity index (χ2v) is 7.89. The van der Waals surface area contributed by atoms with Crippen LogP contribution in [0, 0.1) is 5.92 Å². The maximum atomic E-state index is 12.1. The van der Waals surface area contributed by atoms with Crippen molar-refractivity contribution >= 4 is 32.9 Å². The summed E-state index contributed by atoms with van der Waals surface area (Å²) in [5.74, 6) is 1.33. The number of hydrogen-bond acceptors (Lipinski definition) is 7. The van der Waals surface area contributed by atoms with Gasteiger partial charge in [0.25, 0.3) is 5.91 Å². The Balaban J connectivity index is 1.36. The third kappa shape index (κ3) is 3.78. The lowest BCUT2D eigenvalue weighted by molar-refractivity contribution is 0.0941. The summed E-state index contributed by atoms with van der Waals surface area (Å²) in [6, 6.07) is 8.94. The van der Waals surface area contributed by atoms with Gasteiger partial charge in [-0.3, -0.25) is 4.79 Å². The topological polar surface area (TPSA) is 108 Å². The Kier molecular flexibility index (Phi) is 4.91. The van der Waals surface area contributed by atoms with E-state index >= 15 is 0 Å². The normalized spacial score (nSPS) is 13.5. The number of amides is 1. The predicted molar refractivity (Wildman–Crippen MR) is 110 cm³/mol. The van der Waals surface area contributed by atoms with E-state index < -0.39 is 0 Å². The van der Waals surface area contributed by atoms with Gasteiger partial charge in [0.2, 0.25) is 5.88 Å². The molecule has 1 N–H and O–H groups in total. The lowest BCUT2D eigenvalue weighted by atomic mass is 10.2. The SMILES string of the molecule is O=C(NCc1cccnc1Oc1ccc2c(nnn2CC2CC2)c1Br)c1ccon1. The highest BCUT2D eigenvalue weighted by atomic mass is 79.9. The van der Waals surface area contributed by atoms with Crippen LogP contribution >= 0.6 is 15.9 Å². The summed E-state index contributed by atoms with van der Waals surface area (Å²) in [6.45, 7) is 1.12. The number of ether oxygens (including phenoxy) is 1. The van der Waals surface area contributed by atoms with E-state index in [4.69, 9.17) is 9.26 Å². The van der Waals surface area contributed by atoms with E-state index in [1.54, 1.807) is 12.3 Å². The highest BCUT2D eigenvalue weighted by molar-refractivity contribution is 9.10. The van der Waals surface area contributed by atoms with Crippen LogP contribution in [0.3, 0.4) is 0 Å². The summed E-state index contributed by atoms with van der Waals surface area (Å²) < 4.78 is 13.4. The number of nitrogens with one attached hydrogen (secondary N) is 1.